The third-order valence-corrected chi connectivity index (χ3v) is 6.95. The molecule has 0 saturated carbocycles. The lowest BCUT2D eigenvalue weighted by molar-refractivity contribution is -0.429. The Balaban J connectivity index is 2.05. The molecular weight excluding hydrogens is 434 g/mol. The number of hydrogen-bond donors (Lipinski definition) is 1. The van der Waals surface area contributed by atoms with Gasteiger partial charge in [-0.15, -0.1) is 0 Å². The van der Waals surface area contributed by atoms with E-state index >= 15 is 0 Å². The van der Waals surface area contributed by atoms with Gasteiger partial charge in [-0.25, -0.2) is 4.79 Å². The van der Waals surface area contributed by atoms with Crippen molar-refractivity contribution < 1.29 is 24.3 Å². The number of nitrogens with zero attached hydrogens (tertiary/aromatic N) is 1. The van der Waals surface area contributed by atoms with Crippen molar-refractivity contribution in [3.05, 3.63) is 44.1 Å². The molecule has 1 unspecified atom stereocenters. The fourth-order valence-electron chi connectivity index (χ4n) is 4.78. The van der Waals surface area contributed by atoms with Crippen LogP contribution in [0.5, 0.6) is 11.5 Å². The third-order valence-electron chi connectivity index (χ3n) is 6.95. The van der Waals surface area contributed by atoms with Crippen LogP contribution in [0.2, 0.25) is 0 Å². The molecule has 190 valence electrons. The maximum absolute atomic E-state index is 11.8. The Morgan fingerprint density at radius 1 is 1.06 bits per heavy atom. The van der Waals surface area contributed by atoms with Crippen molar-refractivity contribution in [2.75, 3.05) is 0 Å². The zero-order valence-electron chi connectivity index (χ0n) is 21.5. The lowest BCUT2D eigenvalue weighted by Gasteiger charge is -2.36. The molecule has 1 aliphatic heterocycles. The molecule has 1 N–H and O–H groups in total. The highest BCUT2D eigenvalue weighted by atomic mass is 16.7. The van der Waals surface area contributed by atoms with Gasteiger partial charge < -0.3 is 14.6 Å². The van der Waals surface area contributed by atoms with Crippen LogP contribution in [0.15, 0.2) is 11.8 Å². The van der Waals surface area contributed by atoms with Crippen molar-refractivity contribution in [2.24, 2.45) is 0 Å². The van der Waals surface area contributed by atoms with Gasteiger partial charge in [-0.3, -0.25) is 10.1 Å². The first kappa shape index (κ1) is 27.7. The number of carbonyl (C=O) groups is 1. The van der Waals surface area contributed by atoms with Gasteiger partial charge in [0.05, 0.1) is 4.92 Å². The van der Waals surface area contributed by atoms with Gasteiger partial charge in [0, 0.05) is 18.1 Å². The van der Waals surface area contributed by atoms with Crippen LogP contribution in [0.25, 0.3) is 0 Å². The van der Waals surface area contributed by atoms with Crippen molar-refractivity contribution in [1.29, 1.82) is 0 Å². The number of benzene rings is 1. The normalized spacial score (nSPS) is 17.7. The summed E-state index contributed by atoms with van der Waals surface area (Å²) in [5.41, 5.74) is 2.59. The van der Waals surface area contributed by atoms with Crippen LogP contribution in [0, 0.1) is 30.9 Å². The zero-order valence-corrected chi connectivity index (χ0v) is 21.5. The molecule has 7 heteroatoms. The minimum absolute atomic E-state index is 0.214. The van der Waals surface area contributed by atoms with Crippen LogP contribution in [0.1, 0.15) is 107 Å². The molecule has 1 aromatic carbocycles. The summed E-state index contributed by atoms with van der Waals surface area (Å²) in [5.74, 6) is 1.03. The summed E-state index contributed by atoms with van der Waals surface area (Å²) in [6.07, 6.45) is 12.5. The van der Waals surface area contributed by atoms with Gasteiger partial charge >= 0.3 is 6.16 Å². The van der Waals surface area contributed by atoms with Crippen molar-refractivity contribution in [3.8, 4) is 11.5 Å². The van der Waals surface area contributed by atoms with Crippen molar-refractivity contribution in [1.82, 2.24) is 0 Å². The molecule has 1 heterocycles. The molecule has 0 fully saturated rings. The average Bonchev–Trinajstić information content (AvgIpc) is 2.78. The number of hydrogen-bond acceptors (Lipinski definition) is 5. The van der Waals surface area contributed by atoms with Crippen LogP contribution < -0.4 is 9.47 Å². The van der Waals surface area contributed by atoms with Gasteiger partial charge in [0.2, 0.25) is 5.70 Å². The second kappa shape index (κ2) is 12.8. The Kier molecular flexibility index (Phi) is 10.4. The predicted molar refractivity (Wildman–Crippen MR) is 134 cm³/mol. The van der Waals surface area contributed by atoms with E-state index in [1.807, 2.05) is 20.8 Å². The monoisotopic (exact) mass is 475 g/mol. The van der Waals surface area contributed by atoms with Crippen molar-refractivity contribution in [2.45, 2.75) is 117 Å². The molecule has 34 heavy (non-hydrogen) atoms. The molecule has 7 nitrogen and oxygen atoms in total. The zero-order chi connectivity index (χ0) is 25.3. The summed E-state index contributed by atoms with van der Waals surface area (Å²) >= 11 is 0. The lowest BCUT2D eigenvalue weighted by Crippen LogP contribution is -2.36. The molecule has 0 amide bonds. The summed E-state index contributed by atoms with van der Waals surface area (Å²) in [5, 5.41) is 20.8. The first-order valence-corrected chi connectivity index (χ1v) is 12.7. The minimum Gasteiger partial charge on any atom is -0.483 e. The highest BCUT2D eigenvalue weighted by Gasteiger charge is 2.35. The van der Waals surface area contributed by atoms with E-state index < -0.39 is 11.8 Å². The van der Waals surface area contributed by atoms with E-state index in [0.29, 0.717) is 36.3 Å². The van der Waals surface area contributed by atoms with Crippen LogP contribution in [-0.2, 0) is 6.42 Å². The standard InChI is InChI=1S/C27H41NO6/c1-6-7-8-9-10-11-12-13-14-15-22(28(31)32)18-27(5)17-16-23-21(4)24(33-26(29)30)19(2)20(3)25(23)34-27/h18H,6-17H2,1-5H3,(H,29,30)/b22-18+. The lowest BCUT2D eigenvalue weighted by atomic mass is 9.86. The Morgan fingerprint density at radius 2 is 1.65 bits per heavy atom. The molecule has 0 saturated heterocycles. The number of fused-ring (bicyclic) bond motifs is 1. The predicted octanol–water partition coefficient (Wildman–Crippen LogP) is 7.83. The van der Waals surface area contributed by atoms with Crippen LogP contribution in [0.3, 0.4) is 0 Å². The van der Waals surface area contributed by atoms with Crippen LogP contribution in [0.4, 0.5) is 4.79 Å². The molecule has 0 bridgehead atoms. The molecule has 1 aromatic rings. The van der Waals surface area contributed by atoms with E-state index in [9.17, 15) is 14.9 Å². The quantitative estimate of drug-likeness (QED) is 0.103. The first-order chi connectivity index (χ1) is 16.1. The van der Waals surface area contributed by atoms with Gasteiger partial charge in [-0.2, -0.15) is 0 Å². The molecule has 0 aliphatic carbocycles. The highest BCUT2D eigenvalue weighted by Crippen LogP contribution is 2.44. The molecule has 0 radical (unpaired) electrons. The molecular formula is C27H41NO6. The van der Waals surface area contributed by atoms with E-state index in [4.69, 9.17) is 14.6 Å². The third kappa shape index (κ3) is 7.47. The molecule has 2 rings (SSSR count). The second-order valence-electron chi connectivity index (χ2n) is 9.77. The summed E-state index contributed by atoms with van der Waals surface area (Å²) in [6, 6.07) is 0. The average molecular weight is 476 g/mol. The van der Waals surface area contributed by atoms with E-state index in [1.165, 1.54) is 38.5 Å². The smallest absolute Gasteiger partial charge is 0.483 e. The molecule has 0 aromatic heterocycles. The maximum Gasteiger partial charge on any atom is 0.511 e. The van der Waals surface area contributed by atoms with Crippen LogP contribution in [-0.4, -0.2) is 21.8 Å². The van der Waals surface area contributed by atoms with Gasteiger partial charge in [0.15, 0.2) is 0 Å². The Hall–Kier alpha value is -2.57. The van der Waals surface area contributed by atoms with Gasteiger partial charge in [0.25, 0.3) is 0 Å². The van der Waals surface area contributed by atoms with Crippen LogP contribution >= 0.6 is 0 Å². The Bertz CT molecular complexity index is 907. The topological polar surface area (TPSA) is 98.9 Å². The number of allylic oxidation sites excluding steroid dienone is 1. The Morgan fingerprint density at radius 3 is 2.21 bits per heavy atom. The number of ether oxygens (including phenoxy) is 2. The molecule has 1 atom stereocenters. The first-order valence-electron chi connectivity index (χ1n) is 12.7. The Labute approximate surface area is 203 Å². The number of carboxylic acid groups (broad SMARTS) is 1. The van der Waals surface area contributed by atoms with Crippen molar-refractivity contribution in [3.63, 3.8) is 0 Å². The minimum atomic E-state index is -1.35. The second-order valence-corrected chi connectivity index (χ2v) is 9.77. The van der Waals surface area contributed by atoms with Gasteiger partial charge in [-0.05, 0) is 63.6 Å². The van der Waals surface area contributed by atoms with Gasteiger partial charge in [0.1, 0.15) is 17.1 Å². The molecule has 1 aliphatic rings. The van der Waals surface area contributed by atoms with E-state index in [-0.39, 0.29) is 10.6 Å². The fraction of sp³-hybridized carbons (Fsp3) is 0.667. The summed E-state index contributed by atoms with van der Waals surface area (Å²) in [4.78, 5) is 22.6. The number of nitro groups is 1. The number of unbranched alkanes of at least 4 members (excludes halogenated alkanes) is 8. The number of rotatable bonds is 13. The van der Waals surface area contributed by atoms with Crippen molar-refractivity contribution >= 4 is 6.16 Å². The maximum atomic E-state index is 11.8. The highest BCUT2D eigenvalue weighted by molar-refractivity contribution is 5.67. The summed E-state index contributed by atoms with van der Waals surface area (Å²) in [7, 11) is 0. The summed E-state index contributed by atoms with van der Waals surface area (Å²) in [6.45, 7) is 9.61. The van der Waals surface area contributed by atoms with Gasteiger partial charge in [-0.1, -0.05) is 58.3 Å². The summed E-state index contributed by atoms with van der Waals surface area (Å²) < 4.78 is 11.4. The van der Waals surface area contributed by atoms with E-state index in [0.717, 1.165) is 36.0 Å². The molecule has 0 spiro atoms. The van der Waals surface area contributed by atoms with E-state index in [1.54, 1.807) is 13.0 Å². The van der Waals surface area contributed by atoms with E-state index in [2.05, 4.69) is 6.92 Å². The fourth-order valence-corrected chi connectivity index (χ4v) is 4.78. The SMILES string of the molecule is CCCCCCCCCCC/C(=C\C1(C)CCc2c(C)c(OC(=O)O)c(C)c(C)c2O1)[N+](=O)[O-]. The largest absolute Gasteiger partial charge is 0.511 e.